The van der Waals surface area contributed by atoms with Gasteiger partial charge in [0.1, 0.15) is 6.04 Å². The third kappa shape index (κ3) is 3.33. The van der Waals surface area contributed by atoms with Crippen LogP contribution in [-0.4, -0.2) is 29.2 Å². The maximum atomic E-state index is 11.6. The second-order valence-corrected chi connectivity index (χ2v) is 3.99. The fourth-order valence-corrected chi connectivity index (χ4v) is 1.58. The van der Waals surface area contributed by atoms with Gasteiger partial charge in [-0.25, -0.2) is 10.9 Å². The number of hydrazine groups is 1. The van der Waals surface area contributed by atoms with Gasteiger partial charge in [-0.05, 0) is 31.0 Å². The van der Waals surface area contributed by atoms with Gasteiger partial charge in [-0.3, -0.25) is 15.2 Å². The van der Waals surface area contributed by atoms with Gasteiger partial charge in [-0.15, -0.1) is 0 Å². The Morgan fingerprint density at radius 1 is 1.53 bits per heavy atom. The van der Waals surface area contributed by atoms with Gasteiger partial charge in [0.25, 0.3) is 5.91 Å². The number of hydrogen-bond donors (Lipinski definition) is 3. The molecule has 2 unspecified atom stereocenters. The minimum Gasteiger partial charge on any atom is -0.271 e. The lowest BCUT2D eigenvalue weighted by atomic mass is 10.1. The molecule has 0 aliphatic carbocycles. The van der Waals surface area contributed by atoms with Crippen molar-refractivity contribution >= 4 is 12.1 Å². The number of pyridine rings is 1. The van der Waals surface area contributed by atoms with Crippen LogP contribution in [0, 0.1) is 0 Å². The van der Waals surface area contributed by atoms with E-state index in [4.69, 9.17) is 0 Å². The lowest BCUT2D eigenvalue weighted by molar-refractivity contribution is -0.122. The van der Waals surface area contributed by atoms with Crippen LogP contribution < -0.4 is 16.3 Å². The molecule has 1 fully saturated rings. The largest absolute Gasteiger partial charge is 0.271 e. The quantitative estimate of drug-likeness (QED) is 0.498. The van der Waals surface area contributed by atoms with Gasteiger partial charge in [-0.2, -0.15) is 5.10 Å². The smallest absolute Gasteiger partial charge is 0.258 e. The Kier molecular flexibility index (Phi) is 3.79. The molecule has 1 aromatic rings. The molecule has 0 aromatic carbocycles. The van der Waals surface area contributed by atoms with Crippen molar-refractivity contribution in [1.29, 1.82) is 0 Å². The van der Waals surface area contributed by atoms with E-state index in [1.54, 1.807) is 18.6 Å². The average Bonchev–Trinajstić information content (AvgIpc) is 2.77. The molecule has 0 bridgehead atoms. The minimum atomic E-state index is -0.223. The maximum Gasteiger partial charge on any atom is 0.258 e. The Morgan fingerprint density at radius 2 is 2.29 bits per heavy atom. The highest BCUT2D eigenvalue weighted by atomic mass is 16.2. The summed E-state index contributed by atoms with van der Waals surface area (Å²) in [5.41, 5.74) is 9.29. The van der Waals surface area contributed by atoms with Gasteiger partial charge < -0.3 is 0 Å². The van der Waals surface area contributed by atoms with Crippen molar-refractivity contribution in [3.8, 4) is 0 Å². The monoisotopic (exact) mass is 233 g/mol. The Bertz CT molecular complexity index is 406. The molecule has 6 heteroatoms. The highest BCUT2D eigenvalue weighted by Gasteiger charge is 2.26. The molecule has 1 aliphatic heterocycles. The zero-order valence-electron chi connectivity index (χ0n) is 9.55. The molecule has 90 valence electrons. The number of hydrazone groups is 1. The Morgan fingerprint density at radius 3 is 2.94 bits per heavy atom. The van der Waals surface area contributed by atoms with Crippen LogP contribution in [-0.2, 0) is 4.79 Å². The summed E-state index contributed by atoms with van der Waals surface area (Å²) in [5, 5.41) is 3.89. The van der Waals surface area contributed by atoms with Crippen LogP contribution in [0.3, 0.4) is 0 Å². The molecule has 1 saturated heterocycles. The first-order valence-corrected chi connectivity index (χ1v) is 5.49. The number of nitrogens with zero attached hydrogens (tertiary/aromatic N) is 2. The summed E-state index contributed by atoms with van der Waals surface area (Å²) < 4.78 is 0. The van der Waals surface area contributed by atoms with Gasteiger partial charge in [-0.1, -0.05) is 0 Å². The van der Waals surface area contributed by atoms with E-state index in [1.165, 1.54) is 0 Å². The number of hydrogen-bond acceptors (Lipinski definition) is 5. The first-order chi connectivity index (χ1) is 8.25. The van der Waals surface area contributed by atoms with Gasteiger partial charge in [0.2, 0.25) is 0 Å². The van der Waals surface area contributed by atoms with E-state index in [0.717, 1.165) is 12.0 Å². The van der Waals surface area contributed by atoms with Crippen molar-refractivity contribution in [2.45, 2.75) is 25.4 Å². The van der Waals surface area contributed by atoms with E-state index in [0.29, 0.717) is 6.04 Å². The van der Waals surface area contributed by atoms with Crippen molar-refractivity contribution < 1.29 is 4.79 Å². The predicted molar refractivity (Wildman–Crippen MR) is 64.1 cm³/mol. The lowest BCUT2D eigenvalue weighted by Gasteiger charge is -2.06. The van der Waals surface area contributed by atoms with E-state index >= 15 is 0 Å². The van der Waals surface area contributed by atoms with Gasteiger partial charge in [0, 0.05) is 18.4 Å². The molecular formula is C11H15N5O. The number of amides is 1. The van der Waals surface area contributed by atoms with Crippen molar-refractivity contribution in [2.75, 3.05) is 0 Å². The van der Waals surface area contributed by atoms with E-state index in [-0.39, 0.29) is 11.9 Å². The molecule has 0 spiro atoms. The molecule has 2 rings (SSSR count). The predicted octanol–water partition coefficient (Wildman–Crippen LogP) is -0.213. The molecular weight excluding hydrogens is 218 g/mol. The Labute approximate surface area is 99.5 Å². The summed E-state index contributed by atoms with van der Waals surface area (Å²) in [7, 11) is 0. The molecule has 2 heterocycles. The molecule has 3 N–H and O–H groups in total. The van der Waals surface area contributed by atoms with Crippen LogP contribution in [0.2, 0.25) is 0 Å². The fourth-order valence-electron chi connectivity index (χ4n) is 1.58. The number of nitrogens with one attached hydrogen (secondary N) is 3. The van der Waals surface area contributed by atoms with Crippen LogP contribution in [0.15, 0.2) is 29.6 Å². The van der Waals surface area contributed by atoms with Crippen molar-refractivity contribution in [2.24, 2.45) is 5.10 Å². The Hall–Kier alpha value is -1.79. The van der Waals surface area contributed by atoms with Crippen LogP contribution in [0.5, 0.6) is 0 Å². The summed E-state index contributed by atoms with van der Waals surface area (Å²) in [4.78, 5) is 15.5. The summed E-state index contributed by atoms with van der Waals surface area (Å²) in [6.07, 6.45) is 5.70. The molecule has 1 aliphatic rings. The summed E-state index contributed by atoms with van der Waals surface area (Å²) >= 11 is 0. The molecule has 0 radical (unpaired) electrons. The van der Waals surface area contributed by atoms with Crippen molar-refractivity contribution in [1.82, 2.24) is 21.3 Å². The van der Waals surface area contributed by atoms with Crippen LogP contribution in [0.25, 0.3) is 0 Å². The Balaban J connectivity index is 1.82. The van der Waals surface area contributed by atoms with E-state index < -0.39 is 0 Å². The second kappa shape index (κ2) is 5.51. The van der Waals surface area contributed by atoms with E-state index in [2.05, 4.69) is 26.4 Å². The summed E-state index contributed by atoms with van der Waals surface area (Å²) in [5.74, 6) is -0.132. The first-order valence-electron chi connectivity index (χ1n) is 5.49. The number of carbonyl (C=O) groups is 1. The molecule has 2 atom stereocenters. The standard InChI is InChI=1S/C11H15N5O/c1-8-6-10(15-14-8)11(17)16-13-7-9-2-4-12-5-3-9/h2-5,7-8,10,14-15H,6H2,1H3,(H,16,17)/b13-7+. The normalized spacial score (nSPS) is 24.1. The number of rotatable bonds is 3. The van der Waals surface area contributed by atoms with E-state index in [9.17, 15) is 4.79 Å². The van der Waals surface area contributed by atoms with Crippen LogP contribution in [0.4, 0.5) is 0 Å². The minimum absolute atomic E-state index is 0.132. The van der Waals surface area contributed by atoms with Gasteiger partial charge in [0.05, 0.1) is 6.21 Å². The SMILES string of the molecule is CC1CC(C(=O)N/N=C/c2ccncc2)NN1. The molecule has 6 nitrogen and oxygen atoms in total. The highest BCUT2D eigenvalue weighted by Crippen LogP contribution is 2.03. The summed E-state index contributed by atoms with van der Waals surface area (Å²) in [6, 6.07) is 3.70. The number of carbonyl (C=O) groups excluding carboxylic acids is 1. The van der Waals surface area contributed by atoms with Crippen molar-refractivity contribution in [3.05, 3.63) is 30.1 Å². The molecule has 0 saturated carbocycles. The van der Waals surface area contributed by atoms with Gasteiger partial charge in [0.15, 0.2) is 0 Å². The molecule has 1 aromatic heterocycles. The first kappa shape index (κ1) is 11.7. The second-order valence-electron chi connectivity index (χ2n) is 3.99. The number of aromatic nitrogens is 1. The van der Waals surface area contributed by atoms with Crippen LogP contribution >= 0.6 is 0 Å². The zero-order chi connectivity index (χ0) is 12.1. The van der Waals surface area contributed by atoms with Crippen molar-refractivity contribution in [3.63, 3.8) is 0 Å². The highest BCUT2D eigenvalue weighted by molar-refractivity contribution is 5.84. The summed E-state index contributed by atoms with van der Waals surface area (Å²) in [6.45, 7) is 2.01. The third-order valence-corrected chi connectivity index (χ3v) is 2.50. The lowest BCUT2D eigenvalue weighted by Crippen LogP contribution is -2.41. The fraction of sp³-hybridized carbons (Fsp3) is 0.364. The molecule has 17 heavy (non-hydrogen) atoms. The molecule has 1 amide bonds. The topological polar surface area (TPSA) is 78.4 Å². The van der Waals surface area contributed by atoms with E-state index in [1.807, 2.05) is 19.1 Å². The van der Waals surface area contributed by atoms with Gasteiger partial charge >= 0.3 is 0 Å². The maximum absolute atomic E-state index is 11.6. The van der Waals surface area contributed by atoms with Crippen LogP contribution in [0.1, 0.15) is 18.9 Å². The zero-order valence-corrected chi connectivity index (χ0v) is 9.55. The average molecular weight is 233 g/mol. The third-order valence-electron chi connectivity index (χ3n) is 2.50.